The molecule has 0 unspecified atom stereocenters. The average Bonchev–Trinajstić information content (AvgIpc) is 2.71. The van der Waals surface area contributed by atoms with Crippen LogP contribution in [0.2, 0.25) is 0 Å². The van der Waals surface area contributed by atoms with E-state index >= 15 is 0 Å². The van der Waals surface area contributed by atoms with Gasteiger partial charge < -0.3 is 10.2 Å². The monoisotopic (exact) mass is 196 g/mol. The number of hydrogen-bond donors (Lipinski definition) is 1. The van der Waals surface area contributed by atoms with Gasteiger partial charge in [-0.15, -0.1) is 0 Å². The summed E-state index contributed by atoms with van der Waals surface area (Å²) in [7, 11) is 0. The van der Waals surface area contributed by atoms with E-state index < -0.39 is 0 Å². The summed E-state index contributed by atoms with van der Waals surface area (Å²) in [5, 5.41) is 3.47. The first kappa shape index (κ1) is 10.4. The first-order chi connectivity index (χ1) is 6.90. The van der Waals surface area contributed by atoms with Crippen molar-refractivity contribution in [2.24, 2.45) is 5.92 Å². The van der Waals surface area contributed by atoms with Gasteiger partial charge in [-0.05, 0) is 51.2 Å². The fourth-order valence-electron chi connectivity index (χ4n) is 2.96. The topological polar surface area (TPSA) is 15.3 Å². The van der Waals surface area contributed by atoms with Gasteiger partial charge in [0.25, 0.3) is 0 Å². The third-order valence-corrected chi connectivity index (χ3v) is 3.88. The van der Waals surface area contributed by atoms with Crippen LogP contribution in [0.15, 0.2) is 0 Å². The van der Waals surface area contributed by atoms with Gasteiger partial charge in [-0.2, -0.15) is 0 Å². The molecule has 0 radical (unpaired) electrons. The Labute approximate surface area is 88.1 Å². The summed E-state index contributed by atoms with van der Waals surface area (Å²) < 4.78 is 0. The molecule has 2 aliphatic rings. The Hall–Kier alpha value is -0.0800. The van der Waals surface area contributed by atoms with E-state index in [1.165, 1.54) is 58.3 Å². The molecule has 82 valence electrons. The van der Waals surface area contributed by atoms with Crippen molar-refractivity contribution in [2.75, 3.05) is 26.2 Å². The lowest BCUT2D eigenvalue weighted by Crippen LogP contribution is -2.42. The van der Waals surface area contributed by atoms with Crippen LogP contribution in [0.4, 0.5) is 0 Å². The maximum Gasteiger partial charge on any atom is 0.00927 e. The van der Waals surface area contributed by atoms with Gasteiger partial charge in [0.1, 0.15) is 0 Å². The number of hydrogen-bond acceptors (Lipinski definition) is 2. The molecular formula is C12H24N2. The van der Waals surface area contributed by atoms with Crippen LogP contribution in [0, 0.1) is 5.92 Å². The fraction of sp³-hybridized carbons (Fsp3) is 1.00. The third kappa shape index (κ3) is 2.48. The highest BCUT2D eigenvalue weighted by Crippen LogP contribution is 2.22. The normalized spacial score (nSPS) is 34.9. The quantitative estimate of drug-likeness (QED) is 0.741. The van der Waals surface area contributed by atoms with Crippen LogP contribution in [-0.2, 0) is 0 Å². The maximum atomic E-state index is 3.47. The molecule has 0 aromatic rings. The molecular weight excluding hydrogens is 172 g/mol. The Bertz CT molecular complexity index is 164. The van der Waals surface area contributed by atoms with E-state index in [-0.39, 0.29) is 0 Å². The van der Waals surface area contributed by atoms with Crippen LogP contribution in [0.5, 0.6) is 0 Å². The van der Waals surface area contributed by atoms with Gasteiger partial charge in [0.2, 0.25) is 0 Å². The second-order valence-corrected chi connectivity index (χ2v) is 4.91. The molecule has 2 nitrogen and oxygen atoms in total. The van der Waals surface area contributed by atoms with E-state index in [2.05, 4.69) is 17.1 Å². The van der Waals surface area contributed by atoms with Crippen LogP contribution >= 0.6 is 0 Å². The predicted molar refractivity (Wildman–Crippen MR) is 60.5 cm³/mol. The first-order valence-corrected chi connectivity index (χ1v) is 6.35. The summed E-state index contributed by atoms with van der Waals surface area (Å²) in [6.45, 7) is 7.55. The zero-order valence-electron chi connectivity index (χ0n) is 9.47. The van der Waals surface area contributed by atoms with Crippen molar-refractivity contribution in [2.45, 2.75) is 45.1 Å². The zero-order valence-corrected chi connectivity index (χ0v) is 9.47. The van der Waals surface area contributed by atoms with Crippen LogP contribution in [0.3, 0.4) is 0 Å². The molecule has 0 aromatic carbocycles. The van der Waals surface area contributed by atoms with Crippen molar-refractivity contribution in [3.63, 3.8) is 0 Å². The van der Waals surface area contributed by atoms with Gasteiger partial charge in [0.15, 0.2) is 0 Å². The molecule has 0 aromatic heterocycles. The Morgan fingerprint density at radius 2 is 2.21 bits per heavy atom. The van der Waals surface area contributed by atoms with Gasteiger partial charge in [0.05, 0.1) is 0 Å². The molecule has 0 spiro atoms. The SMILES string of the molecule is CC[C@H]1CCCCN1C[C@H]1CCNC1. The molecule has 2 aliphatic heterocycles. The molecule has 1 N–H and O–H groups in total. The van der Waals surface area contributed by atoms with Crippen molar-refractivity contribution >= 4 is 0 Å². The summed E-state index contributed by atoms with van der Waals surface area (Å²) in [5.41, 5.74) is 0. The summed E-state index contributed by atoms with van der Waals surface area (Å²) >= 11 is 0. The molecule has 2 heterocycles. The van der Waals surface area contributed by atoms with Gasteiger partial charge in [-0.3, -0.25) is 0 Å². The number of rotatable bonds is 3. The average molecular weight is 196 g/mol. The minimum Gasteiger partial charge on any atom is -0.316 e. The molecule has 2 saturated heterocycles. The molecule has 2 rings (SSSR count). The largest absolute Gasteiger partial charge is 0.316 e. The molecule has 2 fully saturated rings. The summed E-state index contributed by atoms with van der Waals surface area (Å²) in [6.07, 6.45) is 7.07. The van der Waals surface area contributed by atoms with E-state index in [1.54, 1.807) is 0 Å². The molecule has 2 heteroatoms. The smallest absolute Gasteiger partial charge is 0.00927 e. The lowest BCUT2D eigenvalue weighted by atomic mass is 9.98. The Kier molecular flexibility index (Phi) is 3.82. The van der Waals surface area contributed by atoms with E-state index in [9.17, 15) is 0 Å². The van der Waals surface area contributed by atoms with Gasteiger partial charge >= 0.3 is 0 Å². The van der Waals surface area contributed by atoms with Crippen LogP contribution in [-0.4, -0.2) is 37.1 Å². The molecule has 0 amide bonds. The Morgan fingerprint density at radius 1 is 1.29 bits per heavy atom. The summed E-state index contributed by atoms with van der Waals surface area (Å²) in [4.78, 5) is 2.75. The number of likely N-dealkylation sites (tertiary alicyclic amines) is 1. The number of nitrogens with one attached hydrogen (secondary N) is 1. The summed E-state index contributed by atoms with van der Waals surface area (Å²) in [6, 6.07) is 0.893. The van der Waals surface area contributed by atoms with Crippen molar-refractivity contribution in [1.29, 1.82) is 0 Å². The highest BCUT2D eigenvalue weighted by Gasteiger charge is 2.24. The van der Waals surface area contributed by atoms with Gasteiger partial charge in [0, 0.05) is 12.6 Å². The second kappa shape index (κ2) is 5.13. The second-order valence-electron chi connectivity index (χ2n) is 4.91. The van der Waals surface area contributed by atoms with Crippen molar-refractivity contribution in [3.8, 4) is 0 Å². The maximum absolute atomic E-state index is 3.47. The lowest BCUT2D eigenvalue weighted by Gasteiger charge is -2.36. The van der Waals surface area contributed by atoms with Gasteiger partial charge in [-0.25, -0.2) is 0 Å². The highest BCUT2D eigenvalue weighted by atomic mass is 15.2. The van der Waals surface area contributed by atoms with E-state index in [0.29, 0.717) is 0 Å². The van der Waals surface area contributed by atoms with Crippen LogP contribution < -0.4 is 5.32 Å². The summed E-state index contributed by atoms with van der Waals surface area (Å²) in [5.74, 6) is 0.933. The van der Waals surface area contributed by atoms with E-state index in [4.69, 9.17) is 0 Å². The molecule has 2 atom stereocenters. The molecule has 0 bridgehead atoms. The predicted octanol–water partition coefficient (Wildman–Crippen LogP) is 1.86. The Balaban J connectivity index is 1.81. The van der Waals surface area contributed by atoms with E-state index in [0.717, 1.165) is 12.0 Å². The fourth-order valence-corrected chi connectivity index (χ4v) is 2.96. The third-order valence-electron chi connectivity index (χ3n) is 3.88. The Morgan fingerprint density at radius 3 is 2.93 bits per heavy atom. The minimum atomic E-state index is 0.893. The first-order valence-electron chi connectivity index (χ1n) is 6.35. The lowest BCUT2D eigenvalue weighted by molar-refractivity contribution is 0.125. The molecule has 0 saturated carbocycles. The van der Waals surface area contributed by atoms with Crippen molar-refractivity contribution in [3.05, 3.63) is 0 Å². The zero-order chi connectivity index (χ0) is 9.80. The molecule has 0 aliphatic carbocycles. The standard InChI is InChI=1S/C12H24N2/c1-2-12-5-3-4-8-14(12)10-11-6-7-13-9-11/h11-13H,2-10H2,1H3/t11-,12-/m0/s1. The van der Waals surface area contributed by atoms with E-state index in [1.807, 2.05) is 0 Å². The van der Waals surface area contributed by atoms with Crippen LogP contribution in [0.1, 0.15) is 39.0 Å². The van der Waals surface area contributed by atoms with Crippen molar-refractivity contribution < 1.29 is 0 Å². The number of nitrogens with zero attached hydrogens (tertiary/aromatic N) is 1. The minimum absolute atomic E-state index is 0.893. The number of piperidine rings is 1. The highest BCUT2D eigenvalue weighted by molar-refractivity contribution is 4.81. The van der Waals surface area contributed by atoms with Gasteiger partial charge in [-0.1, -0.05) is 13.3 Å². The van der Waals surface area contributed by atoms with Crippen molar-refractivity contribution in [1.82, 2.24) is 10.2 Å². The molecule has 14 heavy (non-hydrogen) atoms. The van der Waals surface area contributed by atoms with Crippen LogP contribution in [0.25, 0.3) is 0 Å².